The molecular formula is C20H36N2O8. The van der Waals surface area contributed by atoms with Gasteiger partial charge in [-0.2, -0.15) is 0 Å². The lowest BCUT2D eigenvalue weighted by Crippen LogP contribution is -2.52. The summed E-state index contributed by atoms with van der Waals surface area (Å²) >= 11 is 0. The van der Waals surface area contributed by atoms with Gasteiger partial charge in [0.05, 0.1) is 66.1 Å². The van der Waals surface area contributed by atoms with E-state index in [0.717, 1.165) is 0 Å². The summed E-state index contributed by atoms with van der Waals surface area (Å²) in [4.78, 5) is 47.7. The van der Waals surface area contributed by atoms with Crippen molar-refractivity contribution in [3.05, 3.63) is 0 Å². The molecule has 0 amide bonds. The first-order valence-electron chi connectivity index (χ1n) is 9.80. The van der Waals surface area contributed by atoms with Crippen LogP contribution in [0.1, 0.15) is 19.8 Å². The SMILES string of the molecule is CC(CC(=O)C(C(=O)[O-])C(O)C[N+](C)(C)C)CC(=O)C(C(=O)[O-])C(O)C[N+](C)(C)C. The number of aliphatic hydroxyl groups is 2. The van der Waals surface area contributed by atoms with Gasteiger partial charge in [0.25, 0.3) is 0 Å². The highest BCUT2D eigenvalue weighted by atomic mass is 16.4. The number of Topliss-reactive ketones (excluding diaryl/α,β-unsaturated/α-hetero) is 2. The summed E-state index contributed by atoms with van der Waals surface area (Å²) in [6.45, 7) is 1.50. The van der Waals surface area contributed by atoms with Gasteiger partial charge in [0.15, 0.2) is 0 Å². The number of nitrogens with zero attached hydrogens (tertiary/aromatic N) is 2. The van der Waals surface area contributed by atoms with Gasteiger partial charge in [-0.15, -0.1) is 0 Å². The minimum absolute atomic E-state index is 0.00169. The normalized spacial score (nSPS) is 17.5. The molecule has 174 valence electrons. The number of carboxylic acids is 2. The molecule has 0 aliphatic rings. The molecule has 0 aromatic rings. The second-order valence-electron chi connectivity index (χ2n) is 10.1. The zero-order chi connectivity index (χ0) is 24.0. The van der Waals surface area contributed by atoms with Crippen LogP contribution in [0, 0.1) is 17.8 Å². The van der Waals surface area contributed by atoms with E-state index in [1.54, 1.807) is 42.3 Å². The first kappa shape index (κ1) is 28.1. The Hall–Kier alpha value is -1.88. The van der Waals surface area contributed by atoms with Crippen molar-refractivity contribution in [2.45, 2.75) is 32.0 Å². The molecule has 0 saturated heterocycles. The predicted molar refractivity (Wildman–Crippen MR) is 103 cm³/mol. The lowest BCUT2D eigenvalue weighted by Gasteiger charge is -2.31. The van der Waals surface area contributed by atoms with Crippen LogP contribution in [-0.4, -0.2) is 110 Å². The number of carbonyl (C=O) groups is 4. The van der Waals surface area contributed by atoms with Crippen LogP contribution in [0.2, 0.25) is 0 Å². The lowest BCUT2D eigenvalue weighted by atomic mass is 9.85. The number of carbonyl (C=O) groups excluding carboxylic acids is 4. The van der Waals surface area contributed by atoms with Gasteiger partial charge in [-0.3, -0.25) is 9.59 Å². The quantitative estimate of drug-likeness (QED) is 0.211. The zero-order valence-electron chi connectivity index (χ0n) is 19.0. The Morgan fingerprint density at radius 1 is 0.700 bits per heavy atom. The number of quaternary nitrogens is 2. The molecular weight excluding hydrogens is 396 g/mol. The summed E-state index contributed by atoms with van der Waals surface area (Å²) in [6, 6.07) is 0. The van der Waals surface area contributed by atoms with E-state index >= 15 is 0 Å². The summed E-state index contributed by atoms with van der Waals surface area (Å²) < 4.78 is 0.452. The summed E-state index contributed by atoms with van der Waals surface area (Å²) in [5.74, 6) is -9.19. The van der Waals surface area contributed by atoms with Gasteiger partial charge in [-0.05, 0) is 5.92 Å². The molecule has 0 spiro atoms. The van der Waals surface area contributed by atoms with Crippen molar-refractivity contribution < 1.29 is 48.6 Å². The molecule has 30 heavy (non-hydrogen) atoms. The maximum Gasteiger partial charge on any atom is 0.144 e. The second-order valence-corrected chi connectivity index (χ2v) is 10.1. The van der Waals surface area contributed by atoms with Crippen LogP contribution in [0.3, 0.4) is 0 Å². The van der Waals surface area contributed by atoms with Crippen molar-refractivity contribution in [2.24, 2.45) is 17.8 Å². The second kappa shape index (κ2) is 10.9. The highest BCUT2D eigenvalue weighted by Gasteiger charge is 2.35. The summed E-state index contributed by atoms with van der Waals surface area (Å²) in [5.41, 5.74) is 0. The van der Waals surface area contributed by atoms with Gasteiger partial charge < -0.3 is 39.0 Å². The highest BCUT2D eigenvalue weighted by molar-refractivity contribution is 6.00. The Morgan fingerprint density at radius 2 is 0.967 bits per heavy atom. The van der Waals surface area contributed by atoms with Crippen LogP contribution in [0.25, 0.3) is 0 Å². The van der Waals surface area contributed by atoms with Crippen LogP contribution in [0.15, 0.2) is 0 Å². The average molecular weight is 433 g/mol. The van der Waals surface area contributed by atoms with Gasteiger partial charge in [0, 0.05) is 12.8 Å². The molecule has 0 aliphatic heterocycles. The molecule has 0 rings (SSSR count). The molecule has 10 heteroatoms. The standard InChI is InChI=1S/C20H36N2O8/c1-12(8-13(23)17(19(27)28)15(25)10-21(2,3)4)9-14(24)18(20(29)30)16(26)11-22(5,6)7/h12,15-18,25-26H,8-11H2,1-7H3. The fraction of sp³-hybridized carbons (Fsp3) is 0.800. The number of aliphatic hydroxyl groups excluding tert-OH is 2. The van der Waals surface area contributed by atoms with Gasteiger partial charge in [0.2, 0.25) is 0 Å². The fourth-order valence-corrected chi connectivity index (χ4v) is 3.35. The minimum Gasteiger partial charge on any atom is -0.549 e. The van der Waals surface area contributed by atoms with Crippen molar-refractivity contribution in [1.29, 1.82) is 0 Å². The number of likely N-dealkylation sites (N-methyl/N-ethyl adjacent to an activating group) is 2. The Kier molecular flexibility index (Phi) is 10.3. The van der Waals surface area contributed by atoms with E-state index in [4.69, 9.17) is 0 Å². The van der Waals surface area contributed by atoms with Gasteiger partial charge in [-0.1, -0.05) is 6.92 Å². The molecule has 0 aliphatic carbocycles. The molecule has 4 unspecified atom stereocenters. The summed E-state index contributed by atoms with van der Waals surface area (Å²) in [6.07, 6.45) is -3.64. The molecule has 10 nitrogen and oxygen atoms in total. The Labute approximate surface area is 177 Å². The molecule has 0 aromatic heterocycles. The van der Waals surface area contributed by atoms with E-state index in [2.05, 4.69) is 0 Å². The molecule has 0 aromatic carbocycles. The molecule has 0 fully saturated rings. The van der Waals surface area contributed by atoms with Crippen molar-refractivity contribution in [1.82, 2.24) is 0 Å². The first-order valence-corrected chi connectivity index (χ1v) is 9.80. The smallest absolute Gasteiger partial charge is 0.144 e. The van der Waals surface area contributed by atoms with Gasteiger partial charge in [-0.25, -0.2) is 0 Å². The Balaban J connectivity index is 5.19. The largest absolute Gasteiger partial charge is 0.549 e. The highest BCUT2D eigenvalue weighted by Crippen LogP contribution is 2.20. The van der Waals surface area contributed by atoms with Crippen molar-refractivity contribution in [3.8, 4) is 0 Å². The number of hydrogen-bond acceptors (Lipinski definition) is 8. The third-order valence-corrected chi connectivity index (χ3v) is 4.54. The Morgan fingerprint density at radius 3 is 1.17 bits per heavy atom. The zero-order valence-corrected chi connectivity index (χ0v) is 19.0. The van der Waals surface area contributed by atoms with E-state index in [1.165, 1.54) is 6.92 Å². The minimum atomic E-state index is -1.75. The van der Waals surface area contributed by atoms with Crippen LogP contribution in [0.4, 0.5) is 0 Å². The summed E-state index contributed by atoms with van der Waals surface area (Å²) in [5, 5.41) is 43.2. The number of rotatable bonds is 14. The molecule has 0 saturated carbocycles. The van der Waals surface area contributed by atoms with E-state index in [1.807, 2.05) is 0 Å². The van der Waals surface area contributed by atoms with Gasteiger partial charge >= 0.3 is 0 Å². The van der Waals surface area contributed by atoms with Crippen molar-refractivity contribution >= 4 is 23.5 Å². The monoisotopic (exact) mass is 432 g/mol. The lowest BCUT2D eigenvalue weighted by molar-refractivity contribution is -0.873. The van der Waals surface area contributed by atoms with E-state index < -0.39 is 53.5 Å². The van der Waals surface area contributed by atoms with Crippen molar-refractivity contribution in [2.75, 3.05) is 55.4 Å². The van der Waals surface area contributed by atoms with E-state index in [0.29, 0.717) is 0 Å². The number of ketones is 2. The maximum absolute atomic E-state index is 12.4. The predicted octanol–water partition coefficient (Wildman–Crippen LogP) is -3.59. The molecule has 0 bridgehead atoms. The van der Waals surface area contributed by atoms with Crippen LogP contribution in [-0.2, 0) is 19.2 Å². The molecule has 4 atom stereocenters. The first-order chi connectivity index (χ1) is 13.4. The number of aliphatic carboxylic acids is 2. The third kappa shape index (κ3) is 10.2. The third-order valence-electron chi connectivity index (χ3n) is 4.54. The topological polar surface area (TPSA) is 155 Å². The van der Waals surface area contributed by atoms with E-state index in [9.17, 15) is 39.6 Å². The van der Waals surface area contributed by atoms with Crippen LogP contribution >= 0.6 is 0 Å². The Bertz CT molecular complexity index is 582. The number of hydrogen-bond donors (Lipinski definition) is 2. The number of carboxylic acid groups (broad SMARTS) is 2. The fourth-order valence-electron chi connectivity index (χ4n) is 3.35. The van der Waals surface area contributed by atoms with E-state index in [-0.39, 0.29) is 34.9 Å². The van der Waals surface area contributed by atoms with Gasteiger partial charge in [0.1, 0.15) is 36.9 Å². The molecule has 0 heterocycles. The summed E-state index contributed by atoms with van der Waals surface area (Å²) in [7, 11) is 10.4. The average Bonchev–Trinajstić information content (AvgIpc) is 2.41. The van der Waals surface area contributed by atoms with Crippen molar-refractivity contribution in [3.63, 3.8) is 0 Å². The maximum atomic E-state index is 12.4. The van der Waals surface area contributed by atoms with Crippen LogP contribution < -0.4 is 10.2 Å². The van der Waals surface area contributed by atoms with Crippen LogP contribution in [0.5, 0.6) is 0 Å². The molecule has 0 radical (unpaired) electrons. The molecule has 2 N–H and O–H groups in total.